The summed E-state index contributed by atoms with van der Waals surface area (Å²) >= 11 is 0. The molecule has 292 valence electrons. The fraction of sp³-hybridized carbons (Fsp3) is 0.618. The second kappa shape index (κ2) is 16.8. The van der Waals surface area contributed by atoms with Crippen LogP contribution in [0.25, 0.3) is 27.1 Å². The quantitative estimate of drug-likeness (QED) is 0.0971. The number of amides is 3. The van der Waals surface area contributed by atoms with Crippen molar-refractivity contribution in [3.8, 4) is 11.3 Å². The lowest BCUT2D eigenvalue weighted by Crippen LogP contribution is -2.68. The molecule has 0 aromatic carbocycles. The Morgan fingerprint density at radius 2 is 1.85 bits per heavy atom. The fourth-order valence-corrected chi connectivity index (χ4v) is 7.58. The first kappa shape index (κ1) is 39.1. The number of hydrogen-bond acceptors (Lipinski definition) is 14. The SMILES string of the molecule is [C-]#[N+]C[C@H](C1CCCC1)n1cc(-c2ncnc3c2ccn3C(=O)NNC(=O)C2O[C@@H](O[C@@H]3C(NC(C)=O)[C@H](C)OC(CO)[C@H]3O)C(O)[C@@H](O)[C@@H]2OC)cn1. The van der Waals surface area contributed by atoms with Crippen LogP contribution in [0, 0.1) is 12.5 Å². The van der Waals surface area contributed by atoms with Gasteiger partial charge < -0.3 is 49.5 Å². The number of aromatic nitrogens is 5. The van der Waals surface area contributed by atoms with Gasteiger partial charge in [-0.2, -0.15) is 5.10 Å². The maximum atomic E-state index is 13.5. The van der Waals surface area contributed by atoms with E-state index in [0.29, 0.717) is 29.1 Å². The Balaban J connectivity index is 1.16. The van der Waals surface area contributed by atoms with E-state index in [1.54, 1.807) is 19.2 Å². The lowest BCUT2D eigenvalue weighted by molar-refractivity contribution is -0.325. The number of nitrogens with zero attached hydrogens (tertiary/aromatic N) is 6. The zero-order valence-corrected chi connectivity index (χ0v) is 29.9. The monoisotopic (exact) mass is 755 g/mol. The maximum Gasteiger partial charge on any atom is 0.345 e. The zero-order valence-electron chi connectivity index (χ0n) is 29.9. The summed E-state index contributed by atoms with van der Waals surface area (Å²) in [7, 11) is 1.18. The number of hydrazine groups is 1. The van der Waals surface area contributed by atoms with Gasteiger partial charge in [0.2, 0.25) is 12.5 Å². The topological polar surface area (TPSA) is 258 Å². The molecule has 0 bridgehead atoms. The van der Waals surface area contributed by atoms with Crippen molar-refractivity contribution >= 4 is 28.9 Å². The number of carbonyl (C=O) groups is 3. The molecule has 1 aliphatic carbocycles. The summed E-state index contributed by atoms with van der Waals surface area (Å²) in [5, 5.41) is 50.2. The Kier molecular flexibility index (Phi) is 12.2. The minimum absolute atomic E-state index is 0.0523. The third-order valence-corrected chi connectivity index (χ3v) is 10.3. The molecule has 0 radical (unpaired) electrons. The van der Waals surface area contributed by atoms with Crippen molar-refractivity contribution in [3.05, 3.63) is 42.4 Å². The van der Waals surface area contributed by atoms with Crippen molar-refractivity contribution in [3.63, 3.8) is 0 Å². The van der Waals surface area contributed by atoms with Gasteiger partial charge in [-0.25, -0.2) is 26.8 Å². The standard InChI is InChI=1S/C34H45N9O11/c1-16-23(39-17(2)45)28(25(46)22(14-44)52-16)53-33-27(48)26(47)29(51-4)30(54-33)32(49)40-41-34(50)42-10-9-20-24(36-15-37-31(20)42)19-11-38-43(13-19)21(12-35-3)18-7-5-6-8-18/h9-11,13,15-16,18,21-23,25-30,33,44,46-48H,5-8,12,14H2,1-2,4H3,(H,39,45)(H,40,49)(H,41,50)/t16-,21+,22?,23?,25+,26+,27?,28+,29-,30?,33+/m0/s1. The average molecular weight is 756 g/mol. The Hall–Kier alpha value is -4.59. The van der Waals surface area contributed by atoms with Crippen molar-refractivity contribution in [2.45, 2.75) is 107 Å². The van der Waals surface area contributed by atoms with Crippen molar-refractivity contribution in [2.75, 3.05) is 20.3 Å². The van der Waals surface area contributed by atoms with Crippen LogP contribution in [0.1, 0.15) is 45.6 Å². The second-order valence-electron chi connectivity index (χ2n) is 13.7. The molecule has 7 N–H and O–H groups in total. The maximum absolute atomic E-state index is 13.5. The van der Waals surface area contributed by atoms with Crippen LogP contribution < -0.4 is 16.2 Å². The first-order valence-corrected chi connectivity index (χ1v) is 17.7. The zero-order chi connectivity index (χ0) is 38.7. The van der Waals surface area contributed by atoms with E-state index in [2.05, 4.69) is 36.1 Å². The molecule has 2 saturated heterocycles. The summed E-state index contributed by atoms with van der Waals surface area (Å²) in [6, 6.07) is -0.204. The molecule has 20 heteroatoms. The normalized spacial score (nSPS) is 30.8. The minimum Gasteiger partial charge on any atom is -0.394 e. The molecular formula is C34H45N9O11. The van der Waals surface area contributed by atoms with E-state index in [4.69, 9.17) is 25.5 Å². The Labute approximate surface area is 309 Å². The molecule has 3 amide bonds. The van der Waals surface area contributed by atoms with Gasteiger partial charge in [0.05, 0.1) is 30.6 Å². The molecule has 6 rings (SSSR count). The Morgan fingerprint density at radius 3 is 2.54 bits per heavy atom. The van der Waals surface area contributed by atoms with Crippen LogP contribution in [0.15, 0.2) is 31.0 Å². The highest BCUT2D eigenvalue weighted by Crippen LogP contribution is 2.36. The van der Waals surface area contributed by atoms with Gasteiger partial charge in [0, 0.05) is 37.4 Å². The van der Waals surface area contributed by atoms with E-state index in [-0.39, 0.29) is 11.7 Å². The molecular weight excluding hydrogens is 710 g/mol. The Bertz CT molecular complexity index is 1840. The molecule has 1 saturated carbocycles. The van der Waals surface area contributed by atoms with E-state index in [1.165, 1.54) is 26.6 Å². The highest BCUT2D eigenvalue weighted by Gasteiger charge is 2.52. The van der Waals surface area contributed by atoms with Gasteiger partial charge >= 0.3 is 6.03 Å². The molecule has 4 unspecified atom stereocenters. The van der Waals surface area contributed by atoms with Crippen LogP contribution in [-0.2, 0) is 28.5 Å². The van der Waals surface area contributed by atoms with Crippen molar-refractivity contribution in [2.24, 2.45) is 5.92 Å². The highest BCUT2D eigenvalue weighted by atomic mass is 16.7. The number of aliphatic hydroxyl groups excluding tert-OH is 4. The number of methoxy groups -OCH3 is 1. The van der Waals surface area contributed by atoms with E-state index in [1.807, 2.05) is 10.9 Å². The minimum atomic E-state index is -1.79. The van der Waals surface area contributed by atoms with E-state index in [0.717, 1.165) is 30.3 Å². The van der Waals surface area contributed by atoms with Crippen LogP contribution in [0.2, 0.25) is 0 Å². The van der Waals surface area contributed by atoms with Crippen LogP contribution in [-0.4, -0.2) is 144 Å². The molecule has 3 aliphatic rings. The van der Waals surface area contributed by atoms with E-state index >= 15 is 0 Å². The first-order valence-electron chi connectivity index (χ1n) is 17.7. The van der Waals surface area contributed by atoms with E-state index < -0.39 is 85.6 Å². The number of hydrogen-bond donors (Lipinski definition) is 7. The number of ether oxygens (including phenoxy) is 4. The fourth-order valence-electron chi connectivity index (χ4n) is 7.58. The number of carbonyl (C=O) groups excluding carboxylic acids is 3. The first-order chi connectivity index (χ1) is 26.0. The van der Waals surface area contributed by atoms with Gasteiger partial charge in [-0.1, -0.05) is 12.8 Å². The summed E-state index contributed by atoms with van der Waals surface area (Å²) in [5.41, 5.74) is 5.95. The van der Waals surface area contributed by atoms with E-state index in [9.17, 15) is 34.8 Å². The van der Waals surface area contributed by atoms with Gasteiger partial charge in [0.25, 0.3) is 5.91 Å². The van der Waals surface area contributed by atoms with Crippen LogP contribution in [0.4, 0.5) is 4.79 Å². The smallest absolute Gasteiger partial charge is 0.345 e. The molecule has 5 heterocycles. The predicted octanol–water partition coefficient (Wildman–Crippen LogP) is -0.974. The number of fused-ring (bicyclic) bond motifs is 1. The lowest BCUT2D eigenvalue weighted by Gasteiger charge is -2.47. The molecule has 11 atom stereocenters. The molecule has 54 heavy (non-hydrogen) atoms. The molecule has 3 aromatic heterocycles. The summed E-state index contributed by atoms with van der Waals surface area (Å²) < 4.78 is 25.5. The van der Waals surface area contributed by atoms with Gasteiger partial charge in [-0.15, -0.1) is 0 Å². The van der Waals surface area contributed by atoms with Crippen molar-refractivity contribution in [1.82, 2.24) is 40.5 Å². The highest BCUT2D eigenvalue weighted by molar-refractivity contribution is 5.96. The van der Waals surface area contributed by atoms with Crippen molar-refractivity contribution in [1.29, 1.82) is 0 Å². The second-order valence-corrected chi connectivity index (χ2v) is 13.7. The third-order valence-electron chi connectivity index (χ3n) is 10.3. The third kappa shape index (κ3) is 7.80. The average Bonchev–Trinajstić information content (AvgIpc) is 3.96. The summed E-state index contributed by atoms with van der Waals surface area (Å²) in [6.07, 6.45) is -2.49. The van der Waals surface area contributed by atoms with Gasteiger partial charge in [0.1, 0.15) is 49.0 Å². The van der Waals surface area contributed by atoms with Crippen LogP contribution in [0.3, 0.4) is 0 Å². The Morgan fingerprint density at radius 1 is 1.09 bits per heavy atom. The molecule has 3 fully saturated rings. The molecule has 0 spiro atoms. The number of nitrogens with one attached hydrogen (secondary N) is 3. The van der Waals surface area contributed by atoms with Gasteiger partial charge in [-0.3, -0.25) is 24.3 Å². The molecule has 3 aromatic rings. The summed E-state index contributed by atoms with van der Waals surface area (Å²) in [4.78, 5) is 51.1. The van der Waals surface area contributed by atoms with Crippen LogP contribution in [0.5, 0.6) is 0 Å². The predicted molar refractivity (Wildman–Crippen MR) is 185 cm³/mol. The number of aliphatic hydroxyl groups is 4. The van der Waals surface area contributed by atoms with Gasteiger partial charge in [0.15, 0.2) is 18.0 Å². The van der Waals surface area contributed by atoms with Crippen molar-refractivity contribution < 1.29 is 53.8 Å². The lowest BCUT2D eigenvalue weighted by atomic mass is 9.92. The largest absolute Gasteiger partial charge is 0.394 e. The van der Waals surface area contributed by atoms with Crippen LogP contribution >= 0.6 is 0 Å². The molecule has 2 aliphatic heterocycles. The summed E-state index contributed by atoms with van der Waals surface area (Å²) in [6.45, 7) is 10.0. The summed E-state index contributed by atoms with van der Waals surface area (Å²) in [5.74, 6) is -1.10. The number of rotatable bonds is 10. The molecule has 20 nitrogen and oxygen atoms in total. The van der Waals surface area contributed by atoms with Gasteiger partial charge in [-0.05, 0) is 31.7 Å².